The van der Waals surface area contributed by atoms with E-state index in [0.29, 0.717) is 5.69 Å². The zero-order valence-electron chi connectivity index (χ0n) is 18.0. The van der Waals surface area contributed by atoms with E-state index in [4.69, 9.17) is 9.84 Å². The smallest absolute Gasteiger partial charge is 0.276 e. The van der Waals surface area contributed by atoms with E-state index in [9.17, 15) is 4.79 Å². The van der Waals surface area contributed by atoms with E-state index in [2.05, 4.69) is 34.5 Å². The van der Waals surface area contributed by atoms with Crippen LogP contribution in [-0.2, 0) is 24.1 Å². The van der Waals surface area contributed by atoms with Gasteiger partial charge < -0.3 is 10.1 Å². The minimum atomic E-state index is -0.162. The summed E-state index contributed by atoms with van der Waals surface area (Å²) >= 11 is 0. The maximum Gasteiger partial charge on any atom is 0.276 e. The Hall–Kier alpha value is -3.22. The van der Waals surface area contributed by atoms with Gasteiger partial charge in [0.2, 0.25) is 0 Å². The Balaban J connectivity index is 1.30. The first-order valence-corrected chi connectivity index (χ1v) is 11.4. The predicted octanol–water partition coefficient (Wildman–Crippen LogP) is 3.87. The van der Waals surface area contributed by atoms with Crippen molar-refractivity contribution in [3.63, 3.8) is 0 Å². The van der Waals surface area contributed by atoms with Gasteiger partial charge in [0.1, 0.15) is 0 Å². The Morgan fingerprint density at radius 1 is 0.906 bits per heavy atom. The minimum absolute atomic E-state index is 0.162. The third-order valence-corrected chi connectivity index (χ3v) is 6.73. The summed E-state index contributed by atoms with van der Waals surface area (Å²) in [5.41, 5.74) is 5.06. The molecular weight excluding hydrogens is 400 g/mol. The van der Waals surface area contributed by atoms with Crippen LogP contribution in [0.1, 0.15) is 21.6 Å². The van der Waals surface area contributed by atoms with Crippen molar-refractivity contribution in [2.75, 3.05) is 38.2 Å². The molecule has 0 bridgehead atoms. The Morgan fingerprint density at radius 2 is 1.69 bits per heavy atom. The van der Waals surface area contributed by atoms with E-state index in [0.717, 1.165) is 74.2 Å². The number of carbonyl (C=O) groups excluding carboxylic acids is 1. The molecule has 1 fully saturated rings. The topological polar surface area (TPSA) is 59.4 Å². The summed E-state index contributed by atoms with van der Waals surface area (Å²) in [5.74, 6) is -0.162. The van der Waals surface area contributed by atoms with Crippen LogP contribution < -0.4 is 5.32 Å². The van der Waals surface area contributed by atoms with Gasteiger partial charge in [0, 0.05) is 36.1 Å². The number of hydrogen-bond donors (Lipinski definition) is 1. The van der Waals surface area contributed by atoms with Gasteiger partial charge in [-0.3, -0.25) is 14.4 Å². The second-order valence-electron chi connectivity index (χ2n) is 8.61. The third-order valence-electron chi connectivity index (χ3n) is 6.73. The highest BCUT2D eigenvalue weighted by Crippen LogP contribution is 2.35. The lowest BCUT2D eigenvalue weighted by molar-refractivity contribution is 0.0361. The van der Waals surface area contributed by atoms with Crippen LogP contribution in [0.3, 0.4) is 0 Å². The van der Waals surface area contributed by atoms with E-state index in [1.165, 1.54) is 16.5 Å². The van der Waals surface area contributed by atoms with Gasteiger partial charge in [-0.1, -0.05) is 42.5 Å². The molecule has 1 saturated heterocycles. The van der Waals surface area contributed by atoms with Crippen molar-refractivity contribution in [3.8, 4) is 0 Å². The molecule has 162 valence electrons. The number of hydrogen-bond acceptors (Lipinski definition) is 4. The molecule has 0 saturated carbocycles. The normalized spacial score (nSPS) is 16.1. The summed E-state index contributed by atoms with van der Waals surface area (Å²) < 4.78 is 7.41. The molecule has 3 aromatic carbocycles. The number of nitrogens with one attached hydrogen (secondary N) is 1. The highest BCUT2D eigenvalue weighted by Gasteiger charge is 2.21. The van der Waals surface area contributed by atoms with E-state index < -0.39 is 0 Å². The second-order valence-corrected chi connectivity index (χ2v) is 8.61. The molecule has 1 amide bonds. The van der Waals surface area contributed by atoms with Crippen LogP contribution in [0, 0.1) is 0 Å². The number of morpholine rings is 1. The Bertz CT molecular complexity index is 1310. The zero-order valence-corrected chi connectivity index (χ0v) is 18.0. The molecule has 6 rings (SSSR count). The number of aromatic nitrogens is 2. The van der Waals surface area contributed by atoms with E-state index in [1.807, 2.05) is 35.0 Å². The number of ether oxygens (including phenoxy) is 1. The van der Waals surface area contributed by atoms with Gasteiger partial charge in [0.05, 0.1) is 25.3 Å². The maximum atomic E-state index is 13.4. The average molecular weight is 427 g/mol. The average Bonchev–Trinajstić information content (AvgIpc) is 3.43. The number of rotatable bonds is 5. The summed E-state index contributed by atoms with van der Waals surface area (Å²) in [6.45, 7) is 5.08. The molecule has 1 aromatic heterocycles. The van der Waals surface area contributed by atoms with Crippen LogP contribution in [0.15, 0.2) is 54.6 Å². The van der Waals surface area contributed by atoms with Crippen molar-refractivity contribution in [2.45, 2.75) is 19.4 Å². The lowest BCUT2D eigenvalue weighted by atomic mass is 10.0. The molecule has 1 aliphatic carbocycles. The zero-order chi connectivity index (χ0) is 21.5. The van der Waals surface area contributed by atoms with Crippen LogP contribution in [0.5, 0.6) is 0 Å². The maximum absolute atomic E-state index is 13.4. The molecule has 0 unspecified atom stereocenters. The summed E-state index contributed by atoms with van der Waals surface area (Å²) in [6.07, 6.45) is 2.14. The standard InChI is InChI=1S/C26H26N4O2/c31-26(27-22-11-10-19-9-8-18-4-3-6-20(22)24(18)19)25-21-5-1-2-7-23(21)30(28-25)13-12-29-14-16-32-17-15-29/h1-7,10-11H,8-9,12-17H2,(H,27,31). The first-order chi connectivity index (χ1) is 15.8. The third kappa shape index (κ3) is 3.36. The molecule has 0 atom stereocenters. The molecule has 2 heterocycles. The van der Waals surface area contributed by atoms with Crippen LogP contribution in [0.25, 0.3) is 21.7 Å². The fourth-order valence-corrected chi connectivity index (χ4v) is 5.06. The number of nitrogens with zero attached hydrogens (tertiary/aromatic N) is 3. The summed E-state index contributed by atoms with van der Waals surface area (Å²) in [6, 6.07) is 18.5. The Morgan fingerprint density at radius 3 is 2.56 bits per heavy atom. The molecule has 4 aromatic rings. The summed E-state index contributed by atoms with van der Waals surface area (Å²) in [7, 11) is 0. The van der Waals surface area contributed by atoms with Gasteiger partial charge in [-0.25, -0.2) is 0 Å². The molecule has 0 spiro atoms. The monoisotopic (exact) mass is 426 g/mol. The van der Waals surface area contributed by atoms with Gasteiger partial charge in [0.15, 0.2) is 5.69 Å². The van der Waals surface area contributed by atoms with Crippen molar-refractivity contribution in [1.29, 1.82) is 0 Å². The number of amides is 1. The van der Waals surface area contributed by atoms with Gasteiger partial charge in [0.25, 0.3) is 5.91 Å². The van der Waals surface area contributed by atoms with Gasteiger partial charge in [-0.2, -0.15) is 5.10 Å². The Labute approximate surface area is 186 Å². The van der Waals surface area contributed by atoms with Gasteiger partial charge >= 0.3 is 0 Å². The first-order valence-electron chi connectivity index (χ1n) is 11.4. The van der Waals surface area contributed by atoms with Crippen molar-refractivity contribution >= 4 is 33.3 Å². The highest BCUT2D eigenvalue weighted by molar-refractivity contribution is 6.14. The van der Waals surface area contributed by atoms with Crippen LogP contribution in [0.4, 0.5) is 5.69 Å². The first kappa shape index (κ1) is 19.5. The molecule has 1 N–H and O–H groups in total. The fraction of sp³-hybridized carbons (Fsp3) is 0.308. The number of fused-ring (bicyclic) bond motifs is 1. The Kier molecular flexibility index (Phi) is 4.89. The van der Waals surface area contributed by atoms with Crippen molar-refractivity contribution in [1.82, 2.24) is 14.7 Å². The second kappa shape index (κ2) is 8.04. The number of aryl methyl sites for hydroxylation is 2. The summed E-state index contributed by atoms with van der Waals surface area (Å²) in [5, 5.41) is 11.2. The van der Waals surface area contributed by atoms with E-state index >= 15 is 0 Å². The van der Waals surface area contributed by atoms with E-state index in [1.54, 1.807) is 0 Å². The lowest BCUT2D eigenvalue weighted by Gasteiger charge is -2.26. The quantitative estimate of drug-likeness (QED) is 0.526. The largest absolute Gasteiger partial charge is 0.379 e. The molecule has 6 heteroatoms. The van der Waals surface area contributed by atoms with Crippen LogP contribution in [-0.4, -0.2) is 53.4 Å². The van der Waals surface area contributed by atoms with Gasteiger partial charge in [-0.05, 0) is 41.5 Å². The summed E-state index contributed by atoms with van der Waals surface area (Å²) in [4.78, 5) is 15.7. The van der Waals surface area contributed by atoms with Gasteiger partial charge in [-0.15, -0.1) is 0 Å². The fourth-order valence-electron chi connectivity index (χ4n) is 5.06. The predicted molar refractivity (Wildman–Crippen MR) is 126 cm³/mol. The molecule has 0 radical (unpaired) electrons. The molecule has 6 nitrogen and oxygen atoms in total. The minimum Gasteiger partial charge on any atom is -0.379 e. The van der Waals surface area contributed by atoms with Crippen molar-refractivity contribution < 1.29 is 9.53 Å². The molecule has 2 aliphatic rings. The van der Waals surface area contributed by atoms with Crippen molar-refractivity contribution in [2.24, 2.45) is 0 Å². The SMILES string of the molecule is O=C(Nc1ccc2c3c(cccc13)CC2)c1nn(CCN2CCOCC2)c2ccccc12. The van der Waals surface area contributed by atoms with Crippen LogP contribution >= 0.6 is 0 Å². The number of anilines is 1. The lowest BCUT2D eigenvalue weighted by Crippen LogP contribution is -2.38. The molecule has 32 heavy (non-hydrogen) atoms. The highest BCUT2D eigenvalue weighted by atomic mass is 16.5. The molecule has 1 aliphatic heterocycles. The molecular formula is C26H26N4O2. The number of benzene rings is 3. The number of para-hydroxylation sites is 1. The van der Waals surface area contributed by atoms with Crippen LogP contribution in [0.2, 0.25) is 0 Å². The van der Waals surface area contributed by atoms with E-state index in [-0.39, 0.29) is 5.91 Å². The van der Waals surface area contributed by atoms with Crippen molar-refractivity contribution in [3.05, 3.63) is 71.4 Å². The number of carbonyl (C=O) groups is 1.